The number of likely N-dealkylation sites (tertiary alicyclic amines) is 1. The summed E-state index contributed by atoms with van der Waals surface area (Å²) in [5.74, 6) is 0.536. The molecule has 1 saturated heterocycles. The molecule has 0 saturated carbocycles. The molecule has 106 valence electrons. The minimum absolute atomic E-state index is 0.187. The van der Waals surface area contributed by atoms with Crippen LogP contribution in [0, 0.1) is 11.7 Å². The van der Waals surface area contributed by atoms with Crippen molar-refractivity contribution in [2.24, 2.45) is 5.92 Å². The van der Waals surface area contributed by atoms with Crippen molar-refractivity contribution in [1.29, 1.82) is 0 Å². The van der Waals surface area contributed by atoms with E-state index in [0.29, 0.717) is 6.04 Å². The molecule has 0 aromatic heterocycles. The number of halogens is 1. The second kappa shape index (κ2) is 6.35. The second-order valence-electron chi connectivity index (χ2n) is 5.70. The van der Waals surface area contributed by atoms with Gasteiger partial charge in [-0.05, 0) is 44.3 Å². The second-order valence-corrected chi connectivity index (χ2v) is 5.70. The molecule has 2 rings (SSSR count). The Balaban J connectivity index is 1.73. The highest BCUT2D eigenvalue weighted by Gasteiger charge is 2.30. The van der Waals surface area contributed by atoms with Crippen molar-refractivity contribution >= 4 is 5.69 Å². The molecule has 2 atom stereocenters. The van der Waals surface area contributed by atoms with Gasteiger partial charge in [-0.25, -0.2) is 4.39 Å². The van der Waals surface area contributed by atoms with Gasteiger partial charge in [-0.1, -0.05) is 6.92 Å². The maximum absolute atomic E-state index is 12.8. The molecule has 4 heteroatoms. The van der Waals surface area contributed by atoms with Crippen molar-refractivity contribution < 1.29 is 4.39 Å². The minimum Gasteiger partial charge on any atom is -0.384 e. The first-order valence-corrected chi connectivity index (χ1v) is 6.94. The lowest BCUT2D eigenvalue weighted by Gasteiger charge is -2.22. The molecule has 1 heterocycles. The summed E-state index contributed by atoms with van der Waals surface area (Å²) >= 11 is 0. The summed E-state index contributed by atoms with van der Waals surface area (Å²) in [5, 5.41) is 3.34. The van der Waals surface area contributed by atoms with Crippen molar-refractivity contribution in [3.63, 3.8) is 0 Å². The van der Waals surface area contributed by atoms with E-state index in [2.05, 4.69) is 36.1 Å². The van der Waals surface area contributed by atoms with Gasteiger partial charge in [-0.2, -0.15) is 0 Å². The van der Waals surface area contributed by atoms with Gasteiger partial charge in [0.15, 0.2) is 0 Å². The van der Waals surface area contributed by atoms with Crippen LogP contribution in [0.4, 0.5) is 10.1 Å². The molecule has 1 aliphatic rings. The van der Waals surface area contributed by atoms with E-state index >= 15 is 0 Å². The largest absolute Gasteiger partial charge is 0.384 e. The van der Waals surface area contributed by atoms with Crippen LogP contribution in [0.1, 0.15) is 6.92 Å². The van der Waals surface area contributed by atoms with E-state index in [0.717, 1.165) is 37.8 Å². The first kappa shape index (κ1) is 14.3. The predicted octanol–water partition coefficient (Wildman–Crippen LogP) is 2.12. The van der Waals surface area contributed by atoms with Crippen LogP contribution in [0.25, 0.3) is 0 Å². The number of hydrogen-bond acceptors (Lipinski definition) is 3. The van der Waals surface area contributed by atoms with Crippen LogP contribution in [0.15, 0.2) is 24.3 Å². The van der Waals surface area contributed by atoms with Crippen LogP contribution in [0.5, 0.6) is 0 Å². The lowest BCUT2D eigenvalue weighted by molar-refractivity contribution is 0.254. The Bertz CT molecular complexity index is 391. The standard InChI is InChI=1S/C15H24FN3/c1-12-10-19(11-15(12)18(2)3)9-8-17-14-6-4-13(16)5-7-14/h4-7,12,15,17H,8-11H2,1-3H3. The number of rotatable bonds is 5. The molecule has 1 aliphatic heterocycles. The number of nitrogens with one attached hydrogen (secondary N) is 1. The van der Waals surface area contributed by atoms with Gasteiger partial charge >= 0.3 is 0 Å². The molecule has 0 amide bonds. The van der Waals surface area contributed by atoms with Crippen LogP contribution >= 0.6 is 0 Å². The zero-order valence-electron chi connectivity index (χ0n) is 12.1. The maximum Gasteiger partial charge on any atom is 0.123 e. The van der Waals surface area contributed by atoms with E-state index in [1.54, 1.807) is 12.1 Å². The number of anilines is 1. The zero-order chi connectivity index (χ0) is 13.8. The lowest BCUT2D eigenvalue weighted by Crippen LogP contribution is -2.35. The Labute approximate surface area is 115 Å². The van der Waals surface area contributed by atoms with Gasteiger partial charge in [0, 0.05) is 37.9 Å². The van der Waals surface area contributed by atoms with E-state index in [1.807, 2.05) is 0 Å². The predicted molar refractivity (Wildman–Crippen MR) is 78.0 cm³/mol. The van der Waals surface area contributed by atoms with Gasteiger partial charge in [-0.3, -0.25) is 4.90 Å². The third kappa shape index (κ3) is 3.91. The average molecular weight is 265 g/mol. The fraction of sp³-hybridized carbons (Fsp3) is 0.600. The first-order chi connectivity index (χ1) is 9.06. The normalized spacial score (nSPS) is 24.1. The highest BCUT2D eigenvalue weighted by molar-refractivity contribution is 5.42. The molecular formula is C15H24FN3. The smallest absolute Gasteiger partial charge is 0.123 e. The zero-order valence-corrected chi connectivity index (χ0v) is 12.1. The Morgan fingerprint density at radius 2 is 1.95 bits per heavy atom. The third-order valence-corrected chi connectivity index (χ3v) is 3.91. The van der Waals surface area contributed by atoms with Crippen molar-refractivity contribution in [2.45, 2.75) is 13.0 Å². The summed E-state index contributed by atoms with van der Waals surface area (Å²) in [4.78, 5) is 4.81. The van der Waals surface area contributed by atoms with Crippen LogP contribution < -0.4 is 5.32 Å². The van der Waals surface area contributed by atoms with Crippen molar-refractivity contribution in [2.75, 3.05) is 45.6 Å². The van der Waals surface area contributed by atoms with E-state index in [1.165, 1.54) is 12.1 Å². The van der Waals surface area contributed by atoms with Gasteiger partial charge < -0.3 is 10.2 Å². The van der Waals surface area contributed by atoms with Crippen LogP contribution in [-0.4, -0.2) is 56.1 Å². The number of nitrogens with zero attached hydrogens (tertiary/aromatic N) is 2. The monoisotopic (exact) mass is 265 g/mol. The van der Waals surface area contributed by atoms with E-state index < -0.39 is 0 Å². The number of hydrogen-bond donors (Lipinski definition) is 1. The topological polar surface area (TPSA) is 18.5 Å². The van der Waals surface area contributed by atoms with E-state index in [9.17, 15) is 4.39 Å². The summed E-state index contributed by atoms with van der Waals surface area (Å²) in [6, 6.07) is 7.20. The Morgan fingerprint density at radius 3 is 2.53 bits per heavy atom. The molecule has 0 aliphatic carbocycles. The summed E-state index contributed by atoms with van der Waals surface area (Å²) in [7, 11) is 4.31. The minimum atomic E-state index is -0.187. The fourth-order valence-corrected chi connectivity index (χ4v) is 2.83. The first-order valence-electron chi connectivity index (χ1n) is 6.94. The van der Waals surface area contributed by atoms with Gasteiger partial charge in [-0.15, -0.1) is 0 Å². The highest BCUT2D eigenvalue weighted by atomic mass is 19.1. The molecule has 1 N–H and O–H groups in total. The molecule has 0 bridgehead atoms. The fourth-order valence-electron chi connectivity index (χ4n) is 2.83. The molecule has 19 heavy (non-hydrogen) atoms. The SMILES string of the molecule is CC1CN(CCNc2ccc(F)cc2)CC1N(C)C. The van der Waals surface area contributed by atoms with E-state index in [-0.39, 0.29) is 5.82 Å². The van der Waals surface area contributed by atoms with Gasteiger partial charge in [0.1, 0.15) is 5.82 Å². The van der Waals surface area contributed by atoms with Crippen LogP contribution in [-0.2, 0) is 0 Å². The summed E-state index contributed by atoms with van der Waals surface area (Å²) in [6.45, 7) is 6.55. The van der Waals surface area contributed by atoms with Gasteiger partial charge in [0.05, 0.1) is 0 Å². The highest BCUT2D eigenvalue weighted by Crippen LogP contribution is 2.19. The third-order valence-electron chi connectivity index (χ3n) is 3.91. The molecule has 3 nitrogen and oxygen atoms in total. The molecular weight excluding hydrogens is 241 g/mol. The van der Waals surface area contributed by atoms with Crippen LogP contribution in [0.3, 0.4) is 0 Å². The maximum atomic E-state index is 12.8. The number of benzene rings is 1. The molecule has 1 aromatic carbocycles. The van der Waals surface area contributed by atoms with Crippen molar-refractivity contribution in [3.05, 3.63) is 30.1 Å². The van der Waals surface area contributed by atoms with Gasteiger partial charge in [0.2, 0.25) is 0 Å². The molecule has 1 fully saturated rings. The van der Waals surface area contributed by atoms with E-state index in [4.69, 9.17) is 0 Å². The van der Waals surface area contributed by atoms with Gasteiger partial charge in [0.25, 0.3) is 0 Å². The Kier molecular flexibility index (Phi) is 4.77. The quantitative estimate of drug-likeness (QED) is 0.880. The lowest BCUT2D eigenvalue weighted by atomic mass is 10.1. The Hall–Kier alpha value is -1.13. The molecule has 1 aromatic rings. The Morgan fingerprint density at radius 1 is 1.26 bits per heavy atom. The average Bonchev–Trinajstić information content (AvgIpc) is 2.73. The van der Waals surface area contributed by atoms with Crippen LogP contribution in [0.2, 0.25) is 0 Å². The molecule has 0 spiro atoms. The van der Waals surface area contributed by atoms with Crippen molar-refractivity contribution in [1.82, 2.24) is 9.80 Å². The summed E-state index contributed by atoms with van der Waals surface area (Å²) < 4.78 is 12.8. The molecule has 2 unspecified atom stereocenters. The number of likely N-dealkylation sites (N-methyl/N-ethyl adjacent to an activating group) is 1. The summed E-state index contributed by atoms with van der Waals surface area (Å²) in [6.07, 6.45) is 0. The molecule has 0 radical (unpaired) electrons. The van der Waals surface area contributed by atoms with Crippen molar-refractivity contribution in [3.8, 4) is 0 Å². The summed E-state index contributed by atoms with van der Waals surface area (Å²) in [5.41, 5.74) is 0.984.